The third kappa shape index (κ3) is 6.46. The molecule has 2 aromatic rings. The maximum Gasteiger partial charge on any atom is 0.302 e. The minimum absolute atomic E-state index is 0.120. The Morgan fingerprint density at radius 2 is 1.38 bits per heavy atom. The Hall–Kier alpha value is -1.65. The van der Waals surface area contributed by atoms with Crippen molar-refractivity contribution in [2.45, 2.75) is 43.1 Å². The monoisotopic (exact) mass is 358 g/mol. The number of hydrogen-bond acceptors (Lipinski definition) is 4. The molecule has 0 bridgehead atoms. The Morgan fingerprint density at radius 1 is 0.917 bits per heavy atom. The van der Waals surface area contributed by atoms with Crippen LogP contribution < -0.4 is 0 Å². The van der Waals surface area contributed by atoms with Gasteiger partial charge >= 0.3 is 5.97 Å². The first-order valence-corrected chi connectivity index (χ1v) is 9.50. The fourth-order valence-corrected chi connectivity index (χ4v) is 4.50. The Bertz CT molecular complexity index is 638. The van der Waals surface area contributed by atoms with Gasteiger partial charge in [0.2, 0.25) is 0 Å². The van der Waals surface area contributed by atoms with E-state index in [1.165, 1.54) is 26.5 Å². The molecule has 0 amide bonds. The van der Waals surface area contributed by atoms with Crippen molar-refractivity contribution in [3.63, 3.8) is 0 Å². The van der Waals surface area contributed by atoms with Crippen molar-refractivity contribution < 1.29 is 9.53 Å². The fraction of sp³-hybridized carbons (Fsp3) is 0.250. The zero-order valence-corrected chi connectivity index (χ0v) is 15.8. The maximum atomic E-state index is 11.1. The lowest BCUT2D eigenvalue weighted by atomic mass is 10.2. The molecule has 0 aliphatic heterocycles. The highest BCUT2D eigenvalue weighted by molar-refractivity contribution is 8.22. The molecule has 1 unspecified atom stereocenters. The lowest BCUT2D eigenvalue weighted by Crippen LogP contribution is -2.12. The van der Waals surface area contributed by atoms with Crippen LogP contribution in [0.1, 0.15) is 27.2 Å². The molecule has 126 valence electrons. The van der Waals surface area contributed by atoms with E-state index in [2.05, 4.69) is 31.2 Å². The number of carbonyl (C=O) groups excluding carboxylic acids is 1. The van der Waals surface area contributed by atoms with E-state index < -0.39 is 0 Å². The third-order valence-electron chi connectivity index (χ3n) is 3.22. The number of carbonyl (C=O) groups is 1. The van der Waals surface area contributed by atoms with Crippen molar-refractivity contribution in [1.82, 2.24) is 0 Å². The van der Waals surface area contributed by atoms with E-state index >= 15 is 0 Å². The number of rotatable bonds is 7. The average Bonchev–Trinajstić information content (AvgIpc) is 2.55. The van der Waals surface area contributed by atoms with Crippen LogP contribution in [0.4, 0.5) is 0 Å². The number of thioether (sulfide) groups is 2. The lowest BCUT2D eigenvalue weighted by molar-refractivity contribution is -0.145. The molecule has 4 heteroatoms. The van der Waals surface area contributed by atoms with E-state index in [0.717, 1.165) is 6.42 Å². The molecule has 0 heterocycles. The van der Waals surface area contributed by atoms with Gasteiger partial charge in [0, 0.05) is 27.4 Å². The van der Waals surface area contributed by atoms with Crippen LogP contribution in [0.3, 0.4) is 0 Å². The van der Waals surface area contributed by atoms with Gasteiger partial charge in [-0.25, -0.2) is 0 Å². The average molecular weight is 359 g/mol. The van der Waals surface area contributed by atoms with Crippen molar-refractivity contribution >= 4 is 29.5 Å². The van der Waals surface area contributed by atoms with Crippen LogP contribution in [0.5, 0.6) is 0 Å². The molecular formula is C20H22O2S2. The summed E-state index contributed by atoms with van der Waals surface area (Å²) in [5.74, 6) is -0.233. The van der Waals surface area contributed by atoms with Gasteiger partial charge < -0.3 is 4.74 Å². The minimum atomic E-state index is -0.233. The second-order valence-corrected chi connectivity index (χ2v) is 7.95. The summed E-state index contributed by atoms with van der Waals surface area (Å²) in [7, 11) is 0. The molecule has 0 saturated heterocycles. The van der Waals surface area contributed by atoms with Gasteiger partial charge in [-0.3, -0.25) is 4.79 Å². The summed E-state index contributed by atoms with van der Waals surface area (Å²) < 4.78 is 6.51. The number of hydrogen-bond donors (Lipinski definition) is 0. The van der Waals surface area contributed by atoms with E-state index in [-0.39, 0.29) is 12.1 Å². The van der Waals surface area contributed by atoms with Crippen LogP contribution in [0.15, 0.2) is 80.3 Å². The van der Waals surface area contributed by atoms with Gasteiger partial charge in [-0.05, 0) is 43.7 Å². The molecule has 0 fully saturated rings. The number of ether oxygens (including phenoxy) is 1. The first kappa shape index (κ1) is 18.7. The van der Waals surface area contributed by atoms with Crippen molar-refractivity contribution in [3.8, 4) is 0 Å². The molecule has 2 nitrogen and oxygen atoms in total. The van der Waals surface area contributed by atoms with Crippen LogP contribution in [0, 0.1) is 0 Å². The molecule has 2 rings (SSSR count). The molecule has 2 aromatic carbocycles. The van der Waals surface area contributed by atoms with Gasteiger partial charge in [0.1, 0.15) is 6.10 Å². The molecule has 0 aliphatic carbocycles. The van der Waals surface area contributed by atoms with E-state index in [4.69, 9.17) is 4.74 Å². The second kappa shape index (κ2) is 9.60. The molecule has 0 saturated carbocycles. The van der Waals surface area contributed by atoms with Crippen LogP contribution in [0.25, 0.3) is 0 Å². The van der Waals surface area contributed by atoms with Gasteiger partial charge in [0.15, 0.2) is 0 Å². The Morgan fingerprint density at radius 3 is 1.79 bits per heavy atom. The minimum Gasteiger partial charge on any atom is -0.463 e. The lowest BCUT2D eigenvalue weighted by Gasteiger charge is -2.16. The highest BCUT2D eigenvalue weighted by Gasteiger charge is 2.12. The van der Waals surface area contributed by atoms with Gasteiger partial charge in [-0.15, -0.1) is 0 Å². The van der Waals surface area contributed by atoms with Crippen LogP contribution in [-0.4, -0.2) is 12.1 Å². The van der Waals surface area contributed by atoms with Crippen molar-refractivity contribution in [2.75, 3.05) is 0 Å². The number of esters is 1. The van der Waals surface area contributed by atoms with Crippen molar-refractivity contribution in [2.24, 2.45) is 0 Å². The van der Waals surface area contributed by atoms with Crippen LogP contribution in [0.2, 0.25) is 0 Å². The topological polar surface area (TPSA) is 26.3 Å². The Kier molecular flexibility index (Phi) is 7.47. The molecule has 24 heavy (non-hydrogen) atoms. The SMILES string of the molecule is CC(=O)OC(C)CC(C)=C(Sc1ccccc1)Sc1ccccc1. The third-order valence-corrected chi connectivity index (χ3v) is 5.80. The first-order valence-electron chi connectivity index (χ1n) is 7.87. The van der Waals surface area contributed by atoms with E-state index in [0.29, 0.717) is 0 Å². The summed E-state index contributed by atoms with van der Waals surface area (Å²) in [6.45, 7) is 5.50. The van der Waals surface area contributed by atoms with Crippen molar-refractivity contribution in [1.29, 1.82) is 0 Å². The predicted molar refractivity (Wildman–Crippen MR) is 103 cm³/mol. The summed E-state index contributed by atoms with van der Waals surface area (Å²) >= 11 is 3.51. The molecule has 0 spiro atoms. The van der Waals surface area contributed by atoms with Gasteiger partial charge in [-0.2, -0.15) is 0 Å². The van der Waals surface area contributed by atoms with Crippen LogP contribution >= 0.6 is 23.5 Å². The summed E-state index contributed by atoms with van der Waals surface area (Å²) in [6.07, 6.45) is 0.611. The summed E-state index contributed by atoms with van der Waals surface area (Å²) in [5.41, 5.74) is 1.23. The summed E-state index contributed by atoms with van der Waals surface area (Å²) in [6, 6.07) is 20.7. The molecular weight excluding hydrogens is 336 g/mol. The van der Waals surface area contributed by atoms with E-state index in [1.54, 1.807) is 23.5 Å². The second-order valence-electron chi connectivity index (χ2n) is 5.52. The largest absolute Gasteiger partial charge is 0.463 e. The van der Waals surface area contributed by atoms with Crippen molar-refractivity contribution in [3.05, 3.63) is 70.5 Å². The maximum absolute atomic E-state index is 11.1. The summed E-state index contributed by atoms with van der Waals surface area (Å²) in [4.78, 5) is 13.5. The summed E-state index contributed by atoms with van der Waals surface area (Å²) in [5, 5.41) is 0. The van der Waals surface area contributed by atoms with Gasteiger partial charge in [0.25, 0.3) is 0 Å². The zero-order valence-electron chi connectivity index (χ0n) is 14.2. The molecule has 0 aromatic heterocycles. The van der Waals surface area contributed by atoms with Gasteiger partial charge in [0.05, 0.1) is 0 Å². The molecule has 0 radical (unpaired) electrons. The zero-order chi connectivity index (χ0) is 17.4. The smallest absolute Gasteiger partial charge is 0.302 e. The molecule has 0 aliphatic rings. The normalized spacial score (nSPS) is 11.6. The first-order chi connectivity index (χ1) is 11.5. The van der Waals surface area contributed by atoms with Gasteiger partial charge in [-0.1, -0.05) is 59.9 Å². The number of benzene rings is 2. The van der Waals surface area contributed by atoms with E-state index in [1.807, 2.05) is 43.3 Å². The van der Waals surface area contributed by atoms with Crippen LogP contribution in [-0.2, 0) is 9.53 Å². The highest BCUT2D eigenvalue weighted by Crippen LogP contribution is 2.42. The molecule has 1 atom stereocenters. The predicted octanol–water partition coefficient (Wildman–Crippen LogP) is 6.14. The Balaban J connectivity index is 2.20. The quantitative estimate of drug-likeness (QED) is 0.438. The highest BCUT2D eigenvalue weighted by atomic mass is 32.2. The molecule has 0 N–H and O–H groups in total. The van der Waals surface area contributed by atoms with E-state index in [9.17, 15) is 4.79 Å². The standard InChI is InChI=1S/C20H22O2S2/c1-15(14-16(2)22-17(3)21)20(23-18-10-6-4-7-11-18)24-19-12-8-5-9-13-19/h4-13,16H,14H2,1-3H3. The Labute approximate surface area is 152 Å². The fourth-order valence-electron chi connectivity index (χ4n) is 2.23.